The first-order chi connectivity index (χ1) is 10.6. The molecule has 6 heteroatoms. The predicted octanol–water partition coefficient (Wildman–Crippen LogP) is 3.97. The topological polar surface area (TPSA) is 50.4 Å². The molecule has 1 amide bonds. The number of ether oxygens (including phenoxy) is 1. The van der Waals surface area contributed by atoms with Gasteiger partial charge in [0.25, 0.3) is 5.91 Å². The summed E-state index contributed by atoms with van der Waals surface area (Å²) >= 11 is 8.48. The Morgan fingerprint density at radius 1 is 1.23 bits per heavy atom. The molecule has 0 spiro atoms. The van der Waals surface area contributed by atoms with Crippen molar-refractivity contribution in [1.82, 2.24) is 5.32 Å². The van der Waals surface area contributed by atoms with E-state index >= 15 is 0 Å². The van der Waals surface area contributed by atoms with Crippen molar-refractivity contribution in [1.29, 1.82) is 0 Å². The Labute approximate surface area is 143 Å². The van der Waals surface area contributed by atoms with Crippen LogP contribution in [0.4, 0.5) is 5.69 Å². The number of hydrogen-bond acceptors (Lipinski definition) is 3. The molecule has 0 unspecified atom stereocenters. The number of benzene rings is 2. The molecule has 114 valence electrons. The molecule has 2 aromatic carbocycles. The maximum atomic E-state index is 12.0. The predicted molar refractivity (Wildman–Crippen MR) is 95.4 cm³/mol. The molecule has 22 heavy (non-hydrogen) atoms. The van der Waals surface area contributed by atoms with Crippen LogP contribution in [-0.2, 0) is 0 Å². The zero-order valence-electron chi connectivity index (χ0n) is 11.9. The molecule has 0 heterocycles. The van der Waals surface area contributed by atoms with Crippen LogP contribution >= 0.6 is 28.1 Å². The lowest BCUT2D eigenvalue weighted by atomic mass is 10.2. The Morgan fingerprint density at radius 3 is 2.64 bits per heavy atom. The average Bonchev–Trinajstić information content (AvgIpc) is 2.48. The van der Waals surface area contributed by atoms with Gasteiger partial charge in [-0.3, -0.25) is 10.1 Å². The van der Waals surface area contributed by atoms with E-state index < -0.39 is 0 Å². The van der Waals surface area contributed by atoms with Crippen molar-refractivity contribution in [3.8, 4) is 5.75 Å². The minimum absolute atomic E-state index is 0.238. The Morgan fingerprint density at radius 2 is 1.95 bits per heavy atom. The van der Waals surface area contributed by atoms with Crippen molar-refractivity contribution in [2.24, 2.45) is 0 Å². The van der Waals surface area contributed by atoms with E-state index in [0.717, 1.165) is 15.9 Å². The third-order valence-corrected chi connectivity index (χ3v) is 3.47. The highest BCUT2D eigenvalue weighted by molar-refractivity contribution is 9.10. The van der Waals surface area contributed by atoms with E-state index in [2.05, 4.69) is 26.6 Å². The third-order valence-electron chi connectivity index (χ3n) is 2.74. The fraction of sp³-hybridized carbons (Fsp3) is 0.125. The molecule has 0 aliphatic rings. The average molecular weight is 379 g/mol. The second-order valence-corrected chi connectivity index (χ2v) is 5.70. The van der Waals surface area contributed by atoms with Crippen LogP contribution in [0.3, 0.4) is 0 Å². The van der Waals surface area contributed by atoms with Crippen molar-refractivity contribution >= 4 is 44.9 Å². The summed E-state index contributed by atoms with van der Waals surface area (Å²) in [5, 5.41) is 5.84. The number of carbonyl (C=O) groups excluding carboxylic acids is 1. The van der Waals surface area contributed by atoms with Crippen LogP contribution in [0.1, 0.15) is 17.3 Å². The lowest BCUT2D eigenvalue weighted by Gasteiger charge is -2.11. The summed E-state index contributed by atoms with van der Waals surface area (Å²) in [6.45, 7) is 2.51. The number of rotatable bonds is 4. The lowest BCUT2D eigenvalue weighted by Crippen LogP contribution is -2.34. The highest BCUT2D eigenvalue weighted by Gasteiger charge is 2.08. The first-order valence-electron chi connectivity index (χ1n) is 6.69. The maximum absolute atomic E-state index is 12.0. The monoisotopic (exact) mass is 378 g/mol. The summed E-state index contributed by atoms with van der Waals surface area (Å²) in [5.41, 5.74) is 1.29. The number of thiocarbonyl (C=S) groups is 1. The second kappa shape index (κ2) is 7.91. The number of hydrogen-bond donors (Lipinski definition) is 2. The fourth-order valence-electron chi connectivity index (χ4n) is 1.77. The molecule has 0 bridgehead atoms. The summed E-state index contributed by atoms with van der Waals surface area (Å²) in [6.07, 6.45) is 0. The molecule has 2 rings (SSSR count). The highest BCUT2D eigenvalue weighted by Crippen LogP contribution is 2.17. The minimum atomic E-state index is -0.258. The molecular weight excluding hydrogens is 364 g/mol. The van der Waals surface area contributed by atoms with Crippen LogP contribution < -0.4 is 15.4 Å². The van der Waals surface area contributed by atoms with Gasteiger partial charge in [0.15, 0.2) is 5.11 Å². The first-order valence-corrected chi connectivity index (χ1v) is 7.89. The summed E-state index contributed by atoms with van der Waals surface area (Å²) in [5.74, 6) is 0.487. The van der Waals surface area contributed by atoms with Crippen LogP contribution in [-0.4, -0.2) is 17.6 Å². The summed E-state index contributed by atoms with van der Waals surface area (Å²) in [6, 6.07) is 14.4. The SMILES string of the molecule is CCOc1cccc(NC(=S)NC(=O)c2ccc(Br)cc2)c1. The van der Waals surface area contributed by atoms with Gasteiger partial charge in [0.2, 0.25) is 0 Å². The molecule has 0 atom stereocenters. The molecule has 0 aliphatic heterocycles. The van der Waals surface area contributed by atoms with Gasteiger partial charge in [0, 0.05) is 21.8 Å². The number of carbonyl (C=O) groups is 1. The van der Waals surface area contributed by atoms with Crippen molar-refractivity contribution in [2.75, 3.05) is 11.9 Å². The van der Waals surface area contributed by atoms with Gasteiger partial charge in [-0.1, -0.05) is 22.0 Å². The highest BCUT2D eigenvalue weighted by atomic mass is 79.9. The smallest absolute Gasteiger partial charge is 0.257 e. The van der Waals surface area contributed by atoms with Gasteiger partial charge < -0.3 is 10.1 Å². The Hall–Kier alpha value is -1.92. The fourth-order valence-corrected chi connectivity index (χ4v) is 2.24. The van der Waals surface area contributed by atoms with E-state index in [1.54, 1.807) is 24.3 Å². The quantitative estimate of drug-likeness (QED) is 0.790. The van der Waals surface area contributed by atoms with Gasteiger partial charge in [-0.05, 0) is 55.5 Å². The van der Waals surface area contributed by atoms with Gasteiger partial charge in [-0.2, -0.15) is 0 Å². The minimum Gasteiger partial charge on any atom is -0.494 e. The van der Waals surface area contributed by atoms with E-state index in [4.69, 9.17) is 17.0 Å². The summed E-state index contributed by atoms with van der Waals surface area (Å²) in [4.78, 5) is 12.0. The Balaban J connectivity index is 1.96. The van der Waals surface area contributed by atoms with Gasteiger partial charge in [-0.25, -0.2) is 0 Å². The number of nitrogens with one attached hydrogen (secondary N) is 2. The van der Waals surface area contributed by atoms with Crippen LogP contribution in [0.5, 0.6) is 5.75 Å². The van der Waals surface area contributed by atoms with Gasteiger partial charge in [0.1, 0.15) is 5.75 Å². The summed E-state index contributed by atoms with van der Waals surface area (Å²) in [7, 11) is 0. The van der Waals surface area contributed by atoms with E-state index in [-0.39, 0.29) is 11.0 Å². The second-order valence-electron chi connectivity index (χ2n) is 4.38. The molecule has 2 aromatic rings. The molecule has 4 nitrogen and oxygen atoms in total. The zero-order chi connectivity index (χ0) is 15.9. The van der Waals surface area contributed by atoms with Crippen molar-refractivity contribution in [3.63, 3.8) is 0 Å². The van der Waals surface area contributed by atoms with E-state index in [1.807, 2.05) is 31.2 Å². The Kier molecular flexibility index (Phi) is 5.91. The van der Waals surface area contributed by atoms with E-state index in [9.17, 15) is 4.79 Å². The maximum Gasteiger partial charge on any atom is 0.257 e. The number of halogens is 1. The Bertz CT molecular complexity index is 674. The van der Waals surface area contributed by atoms with Gasteiger partial charge in [-0.15, -0.1) is 0 Å². The molecule has 0 aliphatic carbocycles. The molecule has 2 N–H and O–H groups in total. The van der Waals surface area contributed by atoms with Gasteiger partial charge in [0.05, 0.1) is 6.61 Å². The molecule has 0 aromatic heterocycles. The lowest BCUT2D eigenvalue weighted by molar-refractivity contribution is 0.0977. The molecular formula is C16H15BrN2O2S. The van der Waals surface area contributed by atoms with Gasteiger partial charge >= 0.3 is 0 Å². The largest absolute Gasteiger partial charge is 0.494 e. The molecule has 0 saturated carbocycles. The van der Waals surface area contributed by atoms with Crippen LogP contribution in [0, 0.1) is 0 Å². The first kappa shape index (κ1) is 16.5. The van der Waals surface area contributed by atoms with Crippen LogP contribution in [0.15, 0.2) is 53.0 Å². The zero-order valence-corrected chi connectivity index (χ0v) is 14.3. The van der Waals surface area contributed by atoms with Crippen LogP contribution in [0.2, 0.25) is 0 Å². The normalized spacial score (nSPS) is 9.91. The third kappa shape index (κ3) is 4.82. The summed E-state index contributed by atoms with van der Waals surface area (Å²) < 4.78 is 6.33. The van der Waals surface area contributed by atoms with E-state index in [0.29, 0.717) is 12.2 Å². The van der Waals surface area contributed by atoms with Crippen molar-refractivity contribution < 1.29 is 9.53 Å². The molecule has 0 saturated heterocycles. The van der Waals surface area contributed by atoms with Crippen LogP contribution in [0.25, 0.3) is 0 Å². The van der Waals surface area contributed by atoms with Crippen molar-refractivity contribution in [3.05, 3.63) is 58.6 Å². The number of anilines is 1. The standard InChI is InChI=1S/C16H15BrN2O2S/c1-2-21-14-5-3-4-13(10-14)18-16(22)19-15(20)11-6-8-12(17)9-7-11/h3-10H,2H2,1H3,(H2,18,19,20,22). The number of amides is 1. The molecule has 0 radical (unpaired) electrons. The van der Waals surface area contributed by atoms with Crippen molar-refractivity contribution in [2.45, 2.75) is 6.92 Å². The molecule has 0 fully saturated rings. The van der Waals surface area contributed by atoms with E-state index in [1.165, 1.54) is 0 Å².